The number of nitrogens with zero attached hydrogens (tertiary/aromatic N) is 1. The summed E-state index contributed by atoms with van der Waals surface area (Å²) >= 11 is 0. The predicted molar refractivity (Wildman–Crippen MR) is 112 cm³/mol. The summed E-state index contributed by atoms with van der Waals surface area (Å²) in [5.41, 5.74) is 1.10. The average Bonchev–Trinajstić information content (AvgIpc) is 3.32. The lowest BCUT2D eigenvalue weighted by atomic mass is 10.0. The smallest absolute Gasteiger partial charge is 0.326 e. The number of hydrogen-bond donors (Lipinski definition) is 2. The SMILES string of the molecule is CCOC(=O)[C@H](CCc1ccccc1)NC(C)C(=O)N1C(C(=O)O)CC2CCC[C@@H]21. The zero-order valence-corrected chi connectivity index (χ0v) is 17.8. The lowest BCUT2D eigenvalue weighted by molar-refractivity contribution is -0.151. The van der Waals surface area contributed by atoms with Crippen LogP contribution in [0.3, 0.4) is 0 Å². The molecule has 1 aliphatic heterocycles. The molecule has 7 nitrogen and oxygen atoms in total. The van der Waals surface area contributed by atoms with Crippen molar-refractivity contribution in [1.29, 1.82) is 0 Å². The van der Waals surface area contributed by atoms with Crippen LogP contribution in [0.5, 0.6) is 0 Å². The molecular formula is C23H32N2O5. The predicted octanol–water partition coefficient (Wildman–Crippen LogP) is 2.38. The average molecular weight is 417 g/mol. The van der Waals surface area contributed by atoms with E-state index in [1.54, 1.807) is 18.7 Å². The minimum absolute atomic E-state index is 0.00629. The summed E-state index contributed by atoms with van der Waals surface area (Å²) in [6, 6.07) is 7.76. The van der Waals surface area contributed by atoms with Crippen molar-refractivity contribution in [3.05, 3.63) is 35.9 Å². The molecule has 7 heteroatoms. The summed E-state index contributed by atoms with van der Waals surface area (Å²) in [5, 5.41) is 12.8. The Morgan fingerprint density at radius 2 is 1.97 bits per heavy atom. The maximum atomic E-state index is 13.2. The Labute approximate surface area is 177 Å². The number of carbonyl (C=O) groups excluding carboxylic acids is 2. The van der Waals surface area contributed by atoms with E-state index in [9.17, 15) is 19.5 Å². The number of rotatable bonds is 9. The van der Waals surface area contributed by atoms with Crippen LogP contribution in [-0.2, 0) is 25.5 Å². The third-order valence-electron chi connectivity index (χ3n) is 6.33. The molecule has 1 heterocycles. The zero-order valence-electron chi connectivity index (χ0n) is 17.8. The van der Waals surface area contributed by atoms with E-state index < -0.39 is 24.1 Å². The Hall–Kier alpha value is -2.41. The second-order valence-corrected chi connectivity index (χ2v) is 8.31. The van der Waals surface area contributed by atoms with E-state index in [0.29, 0.717) is 19.3 Å². The quantitative estimate of drug-likeness (QED) is 0.600. The van der Waals surface area contributed by atoms with Crippen molar-refractivity contribution < 1.29 is 24.2 Å². The Morgan fingerprint density at radius 3 is 2.63 bits per heavy atom. The van der Waals surface area contributed by atoms with Crippen LogP contribution in [0.25, 0.3) is 0 Å². The summed E-state index contributed by atoms with van der Waals surface area (Å²) in [6.07, 6.45) is 4.54. The van der Waals surface area contributed by atoms with E-state index >= 15 is 0 Å². The Kier molecular flexibility index (Phi) is 7.48. The number of aliphatic carboxylic acids is 1. The van der Waals surface area contributed by atoms with Gasteiger partial charge < -0.3 is 14.7 Å². The molecule has 1 saturated carbocycles. The number of aryl methyl sites for hydroxylation is 1. The molecule has 1 aliphatic carbocycles. The van der Waals surface area contributed by atoms with Gasteiger partial charge in [-0.1, -0.05) is 36.8 Å². The van der Waals surface area contributed by atoms with Crippen LogP contribution in [0.2, 0.25) is 0 Å². The summed E-state index contributed by atoms with van der Waals surface area (Å²) in [7, 11) is 0. The molecule has 1 aromatic carbocycles. The van der Waals surface area contributed by atoms with Crippen LogP contribution < -0.4 is 5.32 Å². The molecule has 3 rings (SSSR count). The standard InChI is InChI=1S/C23H32N2O5/c1-3-30-23(29)18(13-12-16-8-5-4-6-9-16)24-15(2)21(26)25-19-11-7-10-17(19)14-20(25)22(27)28/h4-6,8-9,15,17-20,24H,3,7,10-14H2,1-2H3,(H,27,28)/t15?,17?,18-,19-,20?/m0/s1. The van der Waals surface area contributed by atoms with E-state index in [1.165, 1.54) is 0 Å². The van der Waals surface area contributed by atoms with Crippen LogP contribution in [0.1, 0.15) is 51.5 Å². The second-order valence-electron chi connectivity index (χ2n) is 8.31. The van der Waals surface area contributed by atoms with Gasteiger partial charge in [-0.2, -0.15) is 0 Å². The monoisotopic (exact) mass is 416 g/mol. The molecule has 164 valence electrons. The number of fused-ring (bicyclic) bond motifs is 1. The van der Waals surface area contributed by atoms with Crippen molar-refractivity contribution in [2.24, 2.45) is 5.92 Å². The van der Waals surface area contributed by atoms with Crippen molar-refractivity contribution in [2.45, 2.75) is 76.5 Å². The Morgan fingerprint density at radius 1 is 1.23 bits per heavy atom. The molecule has 1 aromatic rings. The maximum absolute atomic E-state index is 13.2. The van der Waals surface area contributed by atoms with Gasteiger partial charge in [-0.3, -0.25) is 14.9 Å². The number of esters is 1. The van der Waals surface area contributed by atoms with Gasteiger partial charge in [0.2, 0.25) is 5.91 Å². The number of carbonyl (C=O) groups is 3. The molecule has 1 amide bonds. The van der Waals surface area contributed by atoms with Gasteiger partial charge in [-0.05, 0) is 57.4 Å². The molecule has 5 atom stereocenters. The molecule has 3 unspecified atom stereocenters. The van der Waals surface area contributed by atoms with Crippen molar-refractivity contribution in [2.75, 3.05) is 6.61 Å². The lowest BCUT2D eigenvalue weighted by Gasteiger charge is -2.31. The molecule has 30 heavy (non-hydrogen) atoms. The van der Waals surface area contributed by atoms with E-state index in [4.69, 9.17) is 4.74 Å². The van der Waals surface area contributed by atoms with Crippen LogP contribution in [-0.4, -0.2) is 58.6 Å². The lowest BCUT2D eigenvalue weighted by Crippen LogP contribution is -2.55. The summed E-state index contributed by atoms with van der Waals surface area (Å²) in [6.45, 7) is 3.72. The number of carboxylic acids is 1. The molecule has 0 bridgehead atoms. The normalized spacial score (nSPS) is 24.9. The van der Waals surface area contributed by atoms with Gasteiger partial charge in [0, 0.05) is 6.04 Å². The fourth-order valence-electron chi connectivity index (χ4n) is 4.89. The fourth-order valence-corrected chi connectivity index (χ4v) is 4.89. The molecule has 0 radical (unpaired) electrons. The zero-order chi connectivity index (χ0) is 21.7. The largest absolute Gasteiger partial charge is 0.480 e. The van der Waals surface area contributed by atoms with Crippen LogP contribution in [0.15, 0.2) is 30.3 Å². The first kappa shape index (κ1) is 22.3. The molecule has 2 N–H and O–H groups in total. The first-order chi connectivity index (χ1) is 14.4. The highest BCUT2D eigenvalue weighted by Gasteiger charge is 2.49. The van der Waals surface area contributed by atoms with E-state index in [2.05, 4.69) is 5.32 Å². The van der Waals surface area contributed by atoms with Gasteiger partial charge in [0.1, 0.15) is 12.1 Å². The number of hydrogen-bond acceptors (Lipinski definition) is 5. The molecule has 2 fully saturated rings. The first-order valence-corrected chi connectivity index (χ1v) is 10.9. The number of ether oxygens (including phenoxy) is 1. The van der Waals surface area contributed by atoms with Crippen LogP contribution >= 0.6 is 0 Å². The molecule has 0 spiro atoms. The van der Waals surface area contributed by atoms with Crippen molar-refractivity contribution in [1.82, 2.24) is 10.2 Å². The van der Waals surface area contributed by atoms with E-state index in [1.807, 2.05) is 30.3 Å². The van der Waals surface area contributed by atoms with Crippen LogP contribution in [0, 0.1) is 5.92 Å². The fraction of sp³-hybridized carbons (Fsp3) is 0.609. The van der Waals surface area contributed by atoms with Crippen molar-refractivity contribution in [3.8, 4) is 0 Å². The minimum Gasteiger partial charge on any atom is -0.480 e. The minimum atomic E-state index is -0.948. The van der Waals surface area contributed by atoms with E-state index in [-0.39, 0.29) is 30.4 Å². The highest BCUT2D eigenvalue weighted by Crippen LogP contribution is 2.41. The third kappa shape index (κ3) is 5.01. The molecule has 2 aliphatic rings. The number of likely N-dealkylation sites (tertiary alicyclic amines) is 1. The van der Waals surface area contributed by atoms with Gasteiger partial charge in [-0.25, -0.2) is 4.79 Å². The van der Waals surface area contributed by atoms with Gasteiger partial charge in [0.05, 0.1) is 12.6 Å². The van der Waals surface area contributed by atoms with Crippen molar-refractivity contribution in [3.63, 3.8) is 0 Å². The van der Waals surface area contributed by atoms with Crippen LogP contribution in [0.4, 0.5) is 0 Å². The Bertz CT molecular complexity index is 753. The second kappa shape index (κ2) is 10.1. The topological polar surface area (TPSA) is 95.9 Å². The van der Waals surface area contributed by atoms with E-state index in [0.717, 1.165) is 24.8 Å². The Balaban J connectivity index is 1.68. The highest BCUT2D eigenvalue weighted by molar-refractivity contribution is 5.88. The van der Waals surface area contributed by atoms with Gasteiger partial charge >= 0.3 is 11.9 Å². The number of carboxylic acid groups (broad SMARTS) is 1. The number of nitrogens with one attached hydrogen (secondary N) is 1. The summed E-state index contributed by atoms with van der Waals surface area (Å²) in [4.78, 5) is 39.1. The maximum Gasteiger partial charge on any atom is 0.326 e. The summed E-state index contributed by atoms with van der Waals surface area (Å²) in [5.74, 6) is -1.31. The number of benzene rings is 1. The van der Waals surface area contributed by atoms with Crippen molar-refractivity contribution >= 4 is 17.8 Å². The molecular weight excluding hydrogens is 384 g/mol. The van der Waals surface area contributed by atoms with Gasteiger partial charge in [-0.15, -0.1) is 0 Å². The first-order valence-electron chi connectivity index (χ1n) is 10.9. The van der Waals surface area contributed by atoms with Gasteiger partial charge in [0.15, 0.2) is 0 Å². The molecule has 1 saturated heterocycles. The third-order valence-corrected chi connectivity index (χ3v) is 6.33. The van der Waals surface area contributed by atoms with Gasteiger partial charge in [0.25, 0.3) is 0 Å². The number of amides is 1. The molecule has 0 aromatic heterocycles. The highest BCUT2D eigenvalue weighted by atomic mass is 16.5. The summed E-state index contributed by atoms with van der Waals surface area (Å²) < 4.78 is 5.21.